The summed E-state index contributed by atoms with van der Waals surface area (Å²) in [7, 11) is 1.94. The number of aromatic nitrogens is 1. The Morgan fingerprint density at radius 3 is 2.57 bits per heavy atom. The first-order valence-corrected chi connectivity index (χ1v) is 14.1. The maximum atomic E-state index is 13.1. The highest BCUT2D eigenvalue weighted by molar-refractivity contribution is 6.01. The Labute approximate surface area is 251 Å². The van der Waals surface area contributed by atoms with Crippen LogP contribution in [-0.2, 0) is 48.0 Å². The number of hydroxylamine groups is 2. The maximum Gasteiger partial charge on any atom is 0.370 e. The van der Waals surface area contributed by atoms with Crippen molar-refractivity contribution in [2.45, 2.75) is 31.2 Å². The summed E-state index contributed by atoms with van der Waals surface area (Å²) in [6.07, 6.45) is 8.42. The van der Waals surface area contributed by atoms with Crippen molar-refractivity contribution in [2.24, 2.45) is 13.0 Å². The van der Waals surface area contributed by atoms with Crippen LogP contribution < -0.4 is 14.0 Å². The van der Waals surface area contributed by atoms with Crippen molar-refractivity contribution >= 4 is 23.8 Å². The molecule has 4 heterocycles. The van der Waals surface area contributed by atoms with Gasteiger partial charge in [0.05, 0.1) is 11.5 Å². The van der Waals surface area contributed by atoms with Gasteiger partial charge in [-0.25, -0.2) is 14.2 Å². The van der Waals surface area contributed by atoms with E-state index in [1.54, 1.807) is 30.4 Å². The summed E-state index contributed by atoms with van der Waals surface area (Å²) in [5.41, 5.74) is 1.70. The molecule has 7 rings (SSSR count). The lowest BCUT2D eigenvalue weighted by atomic mass is 9.70. The molecule has 44 heavy (non-hydrogen) atoms. The van der Waals surface area contributed by atoms with E-state index in [-0.39, 0.29) is 12.8 Å². The van der Waals surface area contributed by atoms with Crippen LogP contribution in [0.5, 0.6) is 11.5 Å². The monoisotopic (exact) mass is 595 g/mol. The van der Waals surface area contributed by atoms with Crippen LogP contribution in [0, 0.1) is 5.92 Å². The largest absolute Gasteiger partial charge is 0.489 e. The fraction of sp³-hybridized carbons (Fsp3) is 0.242. The third-order valence-corrected chi connectivity index (χ3v) is 8.05. The maximum absolute atomic E-state index is 13.1. The van der Waals surface area contributed by atoms with Gasteiger partial charge in [0.25, 0.3) is 11.8 Å². The van der Waals surface area contributed by atoms with Gasteiger partial charge in [0.1, 0.15) is 37.0 Å². The molecule has 1 aliphatic carbocycles. The fourth-order valence-corrected chi connectivity index (χ4v) is 5.93. The zero-order valence-corrected chi connectivity index (χ0v) is 23.6. The Bertz CT molecular complexity index is 1750. The Morgan fingerprint density at radius 1 is 1.00 bits per heavy atom. The topological polar surface area (TPSA) is 122 Å². The molecule has 222 valence electrons. The number of amides is 2. The molecule has 1 saturated heterocycles. The molecule has 0 radical (unpaired) electrons. The Morgan fingerprint density at radius 2 is 1.77 bits per heavy atom. The average molecular weight is 596 g/mol. The number of rotatable bonds is 7. The predicted molar refractivity (Wildman–Crippen MR) is 149 cm³/mol. The molecular weight excluding hydrogens is 568 g/mol. The summed E-state index contributed by atoms with van der Waals surface area (Å²) in [5, 5.41) is 0.473. The summed E-state index contributed by atoms with van der Waals surface area (Å²) >= 11 is 0. The fourth-order valence-electron chi connectivity index (χ4n) is 5.93. The van der Waals surface area contributed by atoms with Gasteiger partial charge in [-0.3, -0.25) is 9.59 Å². The lowest BCUT2D eigenvalue weighted by molar-refractivity contribution is -0.671. The number of esters is 1. The van der Waals surface area contributed by atoms with Crippen molar-refractivity contribution < 1.29 is 47.5 Å². The standard InChI is InChI=1S/C33H27N2O9/c1-34-14-12-20(13-15-34)18-40-21-6-8-25-27(16-21)42-28-17-22(41-19-31(38)44-35-29(36)10-11-30(35)37)7-9-26(28)33(25)24-5-3-2-4-23(24)32(39)43-33/h2-9,12-17,26,28H,10-11,18-19H2,1H3/q+1. The molecule has 3 atom stereocenters. The number of aryl methyl sites for hydroxylation is 1. The summed E-state index contributed by atoms with van der Waals surface area (Å²) in [6, 6.07) is 16.7. The third-order valence-electron chi connectivity index (χ3n) is 8.05. The van der Waals surface area contributed by atoms with Gasteiger partial charge >= 0.3 is 11.9 Å². The Kier molecular flexibility index (Phi) is 6.64. The molecule has 2 amide bonds. The van der Waals surface area contributed by atoms with Crippen LogP contribution in [-0.4, -0.2) is 41.5 Å². The molecule has 3 aromatic rings. The molecule has 1 fully saturated rings. The number of carbonyl (C=O) groups excluding carboxylic acids is 4. The van der Waals surface area contributed by atoms with Crippen molar-refractivity contribution in [1.82, 2.24) is 5.06 Å². The van der Waals surface area contributed by atoms with E-state index >= 15 is 0 Å². The van der Waals surface area contributed by atoms with Gasteiger partial charge in [-0.15, -0.1) is 5.06 Å². The number of carbonyl (C=O) groups is 4. The van der Waals surface area contributed by atoms with Crippen LogP contribution in [0.4, 0.5) is 0 Å². The lowest BCUT2D eigenvalue weighted by Crippen LogP contribution is -2.48. The van der Waals surface area contributed by atoms with Crippen molar-refractivity contribution in [3.8, 4) is 11.5 Å². The minimum Gasteiger partial charge on any atom is -0.489 e. The number of ether oxygens (including phenoxy) is 4. The van der Waals surface area contributed by atoms with Crippen molar-refractivity contribution in [1.29, 1.82) is 0 Å². The molecule has 3 aliphatic heterocycles. The number of allylic oxidation sites excluding steroid dienone is 1. The number of fused-ring (bicyclic) bond motifs is 6. The van der Waals surface area contributed by atoms with Crippen molar-refractivity contribution in [3.63, 3.8) is 0 Å². The first-order chi connectivity index (χ1) is 21.3. The number of hydrogen-bond acceptors (Lipinski definition) is 9. The molecule has 0 saturated carbocycles. The van der Waals surface area contributed by atoms with Gasteiger partial charge in [0.15, 0.2) is 24.6 Å². The second-order valence-electron chi connectivity index (χ2n) is 10.9. The molecule has 11 nitrogen and oxygen atoms in total. The van der Waals surface area contributed by atoms with Gasteiger partial charge in [-0.1, -0.05) is 24.3 Å². The van der Waals surface area contributed by atoms with E-state index in [1.165, 1.54) is 0 Å². The van der Waals surface area contributed by atoms with Gasteiger partial charge in [-0.2, -0.15) is 0 Å². The van der Waals surface area contributed by atoms with Crippen LogP contribution in [0.25, 0.3) is 0 Å². The third kappa shape index (κ3) is 4.66. The van der Waals surface area contributed by atoms with Crippen LogP contribution in [0.15, 0.2) is 91.0 Å². The number of benzene rings is 2. The van der Waals surface area contributed by atoms with E-state index in [9.17, 15) is 19.2 Å². The highest BCUT2D eigenvalue weighted by Crippen LogP contribution is 2.56. The first kappa shape index (κ1) is 27.4. The molecule has 11 heteroatoms. The van der Waals surface area contributed by atoms with E-state index in [2.05, 4.69) is 0 Å². The van der Waals surface area contributed by atoms with Crippen LogP contribution in [0.2, 0.25) is 0 Å². The van der Waals surface area contributed by atoms with Gasteiger partial charge < -0.3 is 23.8 Å². The molecular formula is C33H27N2O9+. The van der Waals surface area contributed by atoms with Gasteiger partial charge in [-0.05, 0) is 30.4 Å². The molecule has 1 aromatic heterocycles. The summed E-state index contributed by atoms with van der Waals surface area (Å²) < 4.78 is 26.4. The number of hydrogen-bond donors (Lipinski definition) is 0. The SMILES string of the molecule is C[n+]1ccc(COc2ccc3c(c2)OC2C=C(OCC(=O)ON4C(=O)CCC4=O)C=CC2C32OC(=O)c3ccccc32)cc1. The van der Waals surface area contributed by atoms with Crippen LogP contribution in [0.1, 0.15) is 39.9 Å². The van der Waals surface area contributed by atoms with Gasteiger partial charge in [0, 0.05) is 47.7 Å². The highest BCUT2D eigenvalue weighted by Gasteiger charge is 2.58. The molecule has 2 aromatic carbocycles. The summed E-state index contributed by atoms with van der Waals surface area (Å²) in [4.78, 5) is 53.9. The lowest BCUT2D eigenvalue weighted by Gasteiger charge is -2.45. The summed E-state index contributed by atoms with van der Waals surface area (Å²) in [5.74, 6) is -1.58. The normalized spacial score (nSPS) is 22.9. The Hall–Kier alpha value is -5.45. The number of nitrogens with zero attached hydrogens (tertiary/aromatic N) is 2. The summed E-state index contributed by atoms with van der Waals surface area (Å²) in [6.45, 7) is -0.195. The molecule has 0 N–H and O–H groups in total. The zero-order valence-electron chi connectivity index (χ0n) is 23.6. The van der Waals surface area contributed by atoms with E-state index in [0.29, 0.717) is 40.1 Å². The van der Waals surface area contributed by atoms with Crippen molar-refractivity contribution in [2.75, 3.05) is 6.61 Å². The minimum atomic E-state index is -1.17. The van der Waals surface area contributed by atoms with Gasteiger partial charge in [0.2, 0.25) is 0 Å². The Balaban J connectivity index is 1.17. The van der Waals surface area contributed by atoms with Crippen LogP contribution >= 0.6 is 0 Å². The molecule has 0 bridgehead atoms. The number of pyridine rings is 1. The van der Waals surface area contributed by atoms with Crippen LogP contribution in [0.3, 0.4) is 0 Å². The molecule has 3 unspecified atom stereocenters. The minimum absolute atomic E-state index is 0.00391. The van der Waals surface area contributed by atoms with E-state index < -0.39 is 48.0 Å². The molecule has 1 spiro atoms. The quantitative estimate of drug-likeness (QED) is 0.231. The smallest absolute Gasteiger partial charge is 0.370 e. The van der Waals surface area contributed by atoms with Crippen molar-refractivity contribution in [3.05, 3.63) is 113 Å². The second-order valence-corrected chi connectivity index (χ2v) is 10.9. The second kappa shape index (κ2) is 10.7. The first-order valence-electron chi connectivity index (χ1n) is 14.1. The van der Waals surface area contributed by atoms with E-state index in [4.69, 9.17) is 23.8 Å². The zero-order chi connectivity index (χ0) is 30.4. The number of imide groups is 1. The molecule has 4 aliphatic rings. The average Bonchev–Trinajstić information content (AvgIpc) is 3.51. The predicted octanol–water partition coefficient (Wildman–Crippen LogP) is 2.96. The van der Waals surface area contributed by atoms with E-state index in [0.717, 1.165) is 11.1 Å². The highest BCUT2D eigenvalue weighted by atomic mass is 16.7. The van der Waals surface area contributed by atoms with E-state index in [1.807, 2.05) is 66.5 Å².